The van der Waals surface area contributed by atoms with Gasteiger partial charge in [-0.2, -0.15) is 0 Å². The second kappa shape index (κ2) is 5.98. The SMILES string of the molecule is CCOC1=C[C@@H]2CCC3=C(CCc4c(OC)cccc43)[C@]2(C)CC1. The van der Waals surface area contributed by atoms with Gasteiger partial charge >= 0.3 is 0 Å². The van der Waals surface area contributed by atoms with Crippen molar-refractivity contribution in [2.24, 2.45) is 11.3 Å². The number of hydrogen-bond acceptors (Lipinski definition) is 2. The monoisotopic (exact) mass is 324 g/mol. The maximum Gasteiger partial charge on any atom is 0.122 e. The molecule has 0 heterocycles. The Labute approximate surface area is 145 Å². The van der Waals surface area contributed by atoms with Crippen LogP contribution in [0.15, 0.2) is 35.6 Å². The van der Waals surface area contributed by atoms with Crippen molar-refractivity contribution in [1.82, 2.24) is 0 Å². The first kappa shape index (κ1) is 15.8. The van der Waals surface area contributed by atoms with E-state index < -0.39 is 0 Å². The Morgan fingerprint density at radius 3 is 2.83 bits per heavy atom. The highest BCUT2D eigenvalue weighted by Crippen LogP contribution is 2.57. The van der Waals surface area contributed by atoms with Crippen LogP contribution in [0.5, 0.6) is 5.75 Å². The van der Waals surface area contributed by atoms with Crippen LogP contribution < -0.4 is 4.74 Å². The zero-order valence-corrected chi connectivity index (χ0v) is 15.2. The lowest BCUT2D eigenvalue weighted by molar-refractivity contribution is 0.152. The van der Waals surface area contributed by atoms with Crippen molar-refractivity contribution >= 4 is 5.57 Å². The molecule has 3 aliphatic rings. The maximum absolute atomic E-state index is 5.83. The van der Waals surface area contributed by atoms with E-state index in [4.69, 9.17) is 9.47 Å². The summed E-state index contributed by atoms with van der Waals surface area (Å²) in [6.45, 7) is 5.37. The molecule has 0 fully saturated rings. The van der Waals surface area contributed by atoms with Crippen molar-refractivity contribution in [3.8, 4) is 5.75 Å². The van der Waals surface area contributed by atoms with E-state index in [0.29, 0.717) is 11.3 Å². The normalized spacial score (nSPS) is 28.5. The number of rotatable bonds is 3. The van der Waals surface area contributed by atoms with Crippen LogP contribution in [0.2, 0.25) is 0 Å². The number of ether oxygens (including phenoxy) is 2. The van der Waals surface area contributed by atoms with Crippen LogP contribution in [0.3, 0.4) is 0 Å². The molecule has 1 aromatic rings. The van der Waals surface area contributed by atoms with Gasteiger partial charge in [0.2, 0.25) is 0 Å². The number of fused-ring (bicyclic) bond motifs is 4. The molecular formula is C22H28O2. The molecule has 2 atom stereocenters. The minimum absolute atomic E-state index is 0.314. The van der Waals surface area contributed by atoms with Crippen LogP contribution >= 0.6 is 0 Å². The zero-order valence-electron chi connectivity index (χ0n) is 15.2. The smallest absolute Gasteiger partial charge is 0.122 e. The lowest BCUT2D eigenvalue weighted by atomic mass is 9.57. The highest BCUT2D eigenvalue weighted by Gasteiger charge is 2.44. The van der Waals surface area contributed by atoms with Crippen molar-refractivity contribution < 1.29 is 9.47 Å². The van der Waals surface area contributed by atoms with E-state index in [2.05, 4.69) is 38.1 Å². The maximum atomic E-state index is 5.83. The number of benzene rings is 1. The first-order valence-corrected chi connectivity index (χ1v) is 9.39. The quantitative estimate of drug-likeness (QED) is 0.728. The minimum Gasteiger partial charge on any atom is -0.499 e. The van der Waals surface area contributed by atoms with E-state index in [9.17, 15) is 0 Å². The van der Waals surface area contributed by atoms with Crippen LogP contribution in [0.25, 0.3) is 5.57 Å². The summed E-state index contributed by atoms with van der Waals surface area (Å²) in [5.41, 5.74) is 6.51. The Hall–Kier alpha value is -1.70. The average Bonchev–Trinajstić information content (AvgIpc) is 2.61. The first-order valence-electron chi connectivity index (χ1n) is 9.39. The lowest BCUT2D eigenvalue weighted by Gasteiger charge is -2.48. The molecule has 0 spiro atoms. The third kappa shape index (κ3) is 2.30. The van der Waals surface area contributed by atoms with Gasteiger partial charge in [-0.3, -0.25) is 0 Å². The molecule has 0 saturated carbocycles. The standard InChI is InChI=1S/C22H28O2/c1-4-24-16-12-13-22(2)15(14-16)8-9-18-17-6-5-7-21(23-3)19(17)10-11-20(18)22/h5-7,14-15H,4,8-13H2,1-3H3/t15-,22+/m0/s1. The van der Waals surface area contributed by atoms with Crippen LogP contribution in [-0.4, -0.2) is 13.7 Å². The van der Waals surface area contributed by atoms with Crippen LogP contribution in [-0.2, 0) is 11.2 Å². The molecule has 0 radical (unpaired) electrons. The number of allylic oxidation sites excluding steroid dienone is 4. The molecule has 0 N–H and O–H groups in total. The number of methoxy groups -OCH3 is 1. The number of hydrogen-bond donors (Lipinski definition) is 0. The van der Waals surface area contributed by atoms with E-state index in [-0.39, 0.29) is 0 Å². The molecule has 0 unspecified atom stereocenters. The van der Waals surface area contributed by atoms with E-state index in [1.807, 2.05) is 0 Å². The molecule has 0 bridgehead atoms. The highest BCUT2D eigenvalue weighted by atomic mass is 16.5. The summed E-state index contributed by atoms with van der Waals surface area (Å²) in [5.74, 6) is 2.93. The minimum atomic E-state index is 0.314. The van der Waals surface area contributed by atoms with Crippen LogP contribution in [0, 0.1) is 11.3 Å². The molecule has 2 nitrogen and oxygen atoms in total. The molecule has 2 heteroatoms. The van der Waals surface area contributed by atoms with Crippen molar-refractivity contribution in [1.29, 1.82) is 0 Å². The van der Waals surface area contributed by atoms with Gasteiger partial charge in [-0.1, -0.05) is 24.6 Å². The summed E-state index contributed by atoms with van der Waals surface area (Å²) in [6, 6.07) is 6.56. The zero-order chi connectivity index (χ0) is 16.7. The molecule has 128 valence electrons. The lowest BCUT2D eigenvalue weighted by Crippen LogP contribution is -2.36. The molecule has 3 aliphatic carbocycles. The molecule has 0 saturated heterocycles. The first-order chi connectivity index (χ1) is 11.7. The third-order valence-electron chi connectivity index (χ3n) is 6.49. The fourth-order valence-corrected chi connectivity index (χ4v) is 5.22. The van der Waals surface area contributed by atoms with E-state index in [1.54, 1.807) is 18.3 Å². The second-order valence-electron chi connectivity index (χ2n) is 7.57. The van der Waals surface area contributed by atoms with Gasteiger partial charge in [0.05, 0.1) is 19.5 Å². The van der Waals surface area contributed by atoms with Crippen molar-refractivity contribution in [2.45, 2.75) is 52.4 Å². The van der Waals surface area contributed by atoms with Crippen molar-refractivity contribution in [3.05, 3.63) is 46.7 Å². The average molecular weight is 324 g/mol. The Morgan fingerprint density at radius 2 is 2.04 bits per heavy atom. The molecule has 24 heavy (non-hydrogen) atoms. The van der Waals surface area contributed by atoms with Crippen molar-refractivity contribution in [2.75, 3.05) is 13.7 Å². The van der Waals surface area contributed by atoms with Gasteiger partial charge in [-0.15, -0.1) is 0 Å². The van der Waals surface area contributed by atoms with Gasteiger partial charge in [0.25, 0.3) is 0 Å². The summed E-state index contributed by atoms with van der Waals surface area (Å²) < 4.78 is 11.4. The Morgan fingerprint density at radius 1 is 1.17 bits per heavy atom. The Bertz CT molecular complexity index is 713. The molecule has 0 aromatic heterocycles. The third-order valence-corrected chi connectivity index (χ3v) is 6.49. The summed E-state index contributed by atoms with van der Waals surface area (Å²) in [5, 5.41) is 0. The van der Waals surface area contributed by atoms with Gasteiger partial charge in [0.1, 0.15) is 5.75 Å². The predicted octanol–water partition coefficient (Wildman–Crippen LogP) is 5.53. The van der Waals surface area contributed by atoms with E-state index in [1.165, 1.54) is 42.6 Å². The fraction of sp³-hybridized carbons (Fsp3) is 0.545. The molecule has 1 aromatic carbocycles. The van der Waals surface area contributed by atoms with Gasteiger partial charge in [0, 0.05) is 12.0 Å². The van der Waals surface area contributed by atoms with E-state index >= 15 is 0 Å². The van der Waals surface area contributed by atoms with Crippen molar-refractivity contribution in [3.63, 3.8) is 0 Å². The molecule has 0 amide bonds. The second-order valence-corrected chi connectivity index (χ2v) is 7.57. The fourth-order valence-electron chi connectivity index (χ4n) is 5.22. The Kier molecular flexibility index (Phi) is 3.94. The summed E-state index contributed by atoms with van der Waals surface area (Å²) >= 11 is 0. The summed E-state index contributed by atoms with van der Waals surface area (Å²) in [6.07, 6.45) is 9.48. The largest absolute Gasteiger partial charge is 0.499 e. The van der Waals surface area contributed by atoms with Gasteiger partial charge < -0.3 is 9.47 Å². The van der Waals surface area contributed by atoms with Crippen LogP contribution in [0.1, 0.15) is 57.1 Å². The Balaban J connectivity index is 1.76. The molecule has 4 rings (SSSR count). The molecule has 0 aliphatic heterocycles. The van der Waals surface area contributed by atoms with Gasteiger partial charge in [0.15, 0.2) is 0 Å². The van der Waals surface area contributed by atoms with Gasteiger partial charge in [-0.25, -0.2) is 0 Å². The summed E-state index contributed by atoms with van der Waals surface area (Å²) in [4.78, 5) is 0. The van der Waals surface area contributed by atoms with E-state index in [0.717, 1.165) is 25.2 Å². The van der Waals surface area contributed by atoms with Crippen LogP contribution in [0.4, 0.5) is 0 Å². The highest BCUT2D eigenvalue weighted by molar-refractivity contribution is 5.77. The summed E-state index contributed by atoms with van der Waals surface area (Å²) in [7, 11) is 1.79. The topological polar surface area (TPSA) is 18.5 Å². The van der Waals surface area contributed by atoms with Gasteiger partial charge in [-0.05, 0) is 73.6 Å². The molecular weight excluding hydrogens is 296 g/mol. The predicted molar refractivity (Wildman–Crippen MR) is 98.0 cm³/mol.